The number of allylic oxidation sites excluding steroid dienone is 1. The molecule has 1 amide bonds. The van der Waals surface area contributed by atoms with Gasteiger partial charge in [0.05, 0.1) is 29.9 Å². The molecule has 0 saturated heterocycles. The Morgan fingerprint density at radius 1 is 1.19 bits per heavy atom. The summed E-state index contributed by atoms with van der Waals surface area (Å²) in [6, 6.07) is 11.5. The van der Waals surface area contributed by atoms with Gasteiger partial charge in [0.1, 0.15) is 0 Å². The smallest absolute Gasteiger partial charge is 0.258 e. The number of amides is 1. The maximum atomic E-state index is 13.6. The van der Waals surface area contributed by atoms with E-state index in [0.717, 1.165) is 41.5 Å². The van der Waals surface area contributed by atoms with Crippen LogP contribution in [0.4, 0.5) is 0 Å². The Balaban J connectivity index is 1.87. The minimum absolute atomic E-state index is 0.101. The highest BCUT2D eigenvalue weighted by atomic mass is 35.5. The summed E-state index contributed by atoms with van der Waals surface area (Å²) in [6.45, 7) is 4.41. The Kier molecular flexibility index (Phi) is 6.21. The van der Waals surface area contributed by atoms with Gasteiger partial charge >= 0.3 is 0 Å². The van der Waals surface area contributed by atoms with Gasteiger partial charge < -0.3 is 14.0 Å². The average Bonchev–Trinajstić information content (AvgIpc) is 3.40. The number of hydrogen-bond donors (Lipinski definition) is 0. The molecule has 1 heterocycles. The molecule has 2 aromatic carbocycles. The van der Waals surface area contributed by atoms with Crippen molar-refractivity contribution < 1.29 is 14.3 Å². The molecule has 0 spiro atoms. The molecular weight excluding hydrogens is 432 g/mol. The number of hydrogen-bond acceptors (Lipinski definition) is 4. The normalized spacial score (nSPS) is 15.9. The Morgan fingerprint density at radius 2 is 1.84 bits per heavy atom. The first kappa shape index (κ1) is 21.7. The molecule has 0 aliphatic heterocycles. The third-order valence-corrected chi connectivity index (χ3v) is 7.25. The molecule has 0 radical (unpaired) electrons. The molecule has 1 fully saturated rings. The van der Waals surface area contributed by atoms with Crippen LogP contribution in [0.2, 0.25) is 5.02 Å². The first-order valence-corrected chi connectivity index (χ1v) is 11.4. The standard InChI is InChI=1S/C24H25ClN2O3S/c1-4-13-27-18-14-19(29-2)20(30-3)15-21(18)31-23(27)26-22(28)24(11-5-6-12-24)16-7-9-17(25)10-8-16/h4,7-10,14-15H,1,5-6,11-13H2,2-3H3. The van der Waals surface area contributed by atoms with Gasteiger partial charge in [0.25, 0.3) is 5.91 Å². The minimum atomic E-state index is -0.595. The molecule has 1 aliphatic carbocycles. The number of aromatic nitrogens is 1. The molecule has 0 atom stereocenters. The van der Waals surface area contributed by atoms with Crippen molar-refractivity contribution in [2.45, 2.75) is 37.6 Å². The van der Waals surface area contributed by atoms with E-state index in [-0.39, 0.29) is 5.91 Å². The Bertz CT molecular complexity index is 1190. The van der Waals surface area contributed by atoms with E-state index < -0.39 is 5.41 Å². The van der Waals surface area contributed by atoms with E-state index in [0.29, 0.717) is 27.9 Å². The fourth-order valence-corrected chi connectivity index (χ4v) is 5.53. The second-order valence-electron chi connectivity index (χ2n) is 7.67. The van der Waals surface area contributed by atoms with Crippen LogP contribution in [0.1, 0.15) is 31.2 Å². The molecule has 7 heteroatoms. The van der Waals surface area contributed by atoms with Gasteiger partial charge in [0.2, 0.25) is 0 Å². The van der Waals surface area contributed by atoms with Crippen LogP contribution < -0.4 is 14.3 Å². The highest BCUT2D eigenvalue weighted by Crippen LogP contribution is 2.42. The molecule has 1 aliphatic rings. The number of fused-ring (bicyclic) bond motifs is 1. The number of methoxy groups -OCH3 is 2. The Hall–Kier alpha value is -2.57. The SMILES string of the molecule is C=CCn1c(=NC(=O)C2(c3ccc(Cl)cc3)CCCC2)sc2cc(OC)c(OC)cc21. The molecule has 0 unspecified atom stereocenters. The van der Waals surface area contributed by atoms with Gasteiger partial charge in [-0.05, 0) is 30.5 Å². The van der Waals surface area contributed by atoms with Gasteiger partial charge in [-0.2, -0.15) is 4.99 Å². The summed E-state index contributed by atoms with van der Waals surface area (Å²) in [7, 11) is 3.22. The van der Waals surface area contributed by atoms with E-state index in [4.69, 9.17) is 21.1 Å². The topological polar surface area (TPSA) is 52.8 Å². The lowest BCUT2D eigenvalue weighted by Gasteiger charge is -2.25. The van der Waals surface area contributed by atoms with E-state index in [9.17, 15) is 4.79 Å². The molecule has 162 valence electrons. The predicted octanol–water partition coefficient (Wildman–Crippen LogP) is 5.50. The molecular formula is C24H25ClN2O3S. The van der Waals surface area contributed by atoms with Crippen LogP contribution in [0.3, 0.4) is 0 Å². The Labute approximate surface area is 190 Å². The summed E-state index contributed by atoms with van der Waals surface area (Å²) in [5.74, 6) is 1.18. The number of nitrogens with zero attached hydrogens (tertiary/aromatic N) is 2. The molecule has 0 bridgehead atoms. The molecule has 31 heavy (non-hydrogen) atoms. The van der Waals surface area contributed by atoms with Crippen LogP contribution in [0.15, 0.2) is 54.0 Å². The van der Waals surface area contributed by atoms with E-state index in [1.807, 2.05) is 41.0 Å². The van der Waals surface area contributed by atoms with Gasteiger partial charge in [-0.15, -0.1) is 6.58 Å². The maximum Gasteiger partial charge on any atom is 0.258 e. The van der Waals surface area contributed by atoms with Crippen LogP contribution in [0.5, 0.6) is 11.5 Å². The fraction of sp³-hybridized carbons (Fsp3) is 0.333. The average molecular weight is 457 g/mol. The van der Waals surface area contributed by atoms with Gasteiger partial charge in [0, 0.05) is 23.7 Å². The minimum Gasteiger partial charge on any atom is -0.493 e. The zero-order valence-electron chi connectivity index (χ0n) is 17.7. The van der Waals surface area contributed by atoms with Crippen molar-refractivity contribution in [1.82, 2.24) is 4.57 Å². The monoisotopic (exact) mass is 456 g/mol. The summed E-state index contributed by atoms with van der Waals surface area (Å²) in [6.07, 6.45) is 5.42. The number of thiazole rings is 1. The van der Waals surface area contributed by atoms with Crippen molar-refractivity contribution >= 4 is 39.1 Å². The highest BCUT2D eigenvalue weighted by Gasteiger charge is 2.42. The quantitative estimate of drug-likeness (QED) is 0.460. The largest absolute Gasteiger partial charge is 0.493 e. The van der Waals surface area contributed by atoms with Crippen molar-refractivity contribution in [3.63, 3.8) is 0 Å². The first-order valence-electron chi connectivity index (χ1n) is 10.2. The van der Waals surface area contributed by atoms with Crippen molar-refractivity contribution in [3.05, 3.63) is 64.4 Å². The van der Waals surface area contributed by atoms with E-state index >= 15 is 0 Å². The lowest BCUT2D eigenvalue weighted by Crippen LogP contribution is -2.33. The van der Waals surface area contributed by atoms with Crippen molar-refractivity contribution in [1.29, 1.82) is 0 Å². The van der Waals surface area contributed by atoms with Crippen LogP contribution in [-0.4, -0.2) is 24.7 Å². The second-order valence-corrected chi connectivity index (χ2v) is 9.12. The van der Waals surface area contributed by atoms with Gasteiger partial charge in [0.15, 0.2) is 16.3 Å². The van der Waals surface area contributed by atoms with E-state index in [1.165, 1.54) is 11.3 Å². The zero-order chi connectivity index (χ0) is 22.0. The third kappa shape index (κ3) is 3.90. The zero-order valence-corrected chi connectivity index (χ0v) is 19.3. The highest BCUT2D eigenvalue weighted by molar-refractivity contribution is 7.16. The van der Waals surface area contributed by atoms with Crippen LogP contribution in [0.25, 0.3) is 10.2 Å². The van der Waals surface area contributed by atoms with E-state index in [1.54, 1.807) is 20.3 Å². The summed E-state index contributed by atoms with van der Waals surface area (Å²) in [4.78, 5) is 18.9. The summed E-state index contributed by atoms with van der Waals surface area (Å²) in [5, 5.41) is 0.664. The molecule has 5 nitrogen and oxygen atoms in total. The second kappa shape index (κ2) is 8.89. The molecule has 3 aromatic rings. The summed E-state index contributed by atoms with van der Waals surface area (Å²) in [5.41, 5.74) is 1.33. The summed E-state index contributed by atoms with van der Waals surface area (Å²) < 4.78 is 13.9. The number of benzene rings is 2. The van der Waals surface area contributed by atoms with Gasteiger partial charge in [-0.3, -0.25) is 4.79 Å². The number of ether oxygens (including phenoxy) is 2. The van der Waals surface area contributed by atoms with Crippen LogP contribution in [-0.2, 0) is 16.8 Å². The van der Waals surface area contributed by atoms with Crippen molar-refractivity contribution in [2.24, 2.45) is 4.99 Å². The predicted molar refractivity (Wildman–Crippen MR) is 125 cm³/mol. The molecule has 1 saturated carbocycles. The van der Waals surface area contributed by atoms with Gasteiger partial charge in [-0.25, -0.2) is 0 Å². The first-order chi connectivity index (χ1) is 15.0. The maximum absolute atomic E-state index is 13.6. The van der Waals surface area contributed by atoms with Crippen molar-refractivity contribution in [3.8, 4) is 11.5 Å². The number of halogens is 1. The van der Waals surface area contributed by atoms with Crippen molar-refractivity contribution in [2.75, 3.05) is 14.2 Å². The number of carbonyl (C=O) groups excluding carboxylic acids is 1. The molecule has 1 aromatic heterocycles. The number of rotatable bonds is 6. The lowest BCUT2D eigenvalue weighted by atomic mass is 9.78. The van der Waals surface area contributed by atoms with Gasteiger partial charge in [-0.1, -0.05) is 54.0 Å². The van der Waals surface area contributed by atoms with E-state index in [2.05, 4.69) is 11.6 Å². The molecule has 0 N–H and O–H groups in total. The van der Waals surface area contributed by atoms with Crippen LogP contribution in [0, 0.1) is 0 Å². The lowest BCUT2D eigenvalue weighted by molar-refractivity contribution is -0.123. The molecule has 4 rings (SSSR count). The third-order valence-electron chi connectivity index (χ3n) is 5.96. The van der Waals surface area contributed by atoms with Crippen LogP contribution >= 0.6 is 22.9 Å². The Morgan fingerprint density at radius 3 is 2.45 bits per heavy atom. The summed E-state index contributed by atoms with van der Waals surface area (Å²) >= 11 is 7.55. The number of carbonyl (C=O) groups is 1. The fourth-order valence-electron chi connectivity index (χ4n) is 4.35.